The van der Waals surface area contributed by atoms with Crippen molar-refractivity contribution < 1.29 is 9.21 Å². The normalized spacial score (nSPS) is 11.3. The van der Waals surface area contributed by atoms with E-state index in [0.717, 1.165) is 22.2 Å². The number of ketones is 1. The first kappa shape index (κ1) is 13.2. The van der Waals surface area contributed by atoms with Crippen LogP contribution in [0.1, 0.15) is 16.1 Å². The molecule has 0 unspecified atom stereocenters. The molecular weight excluding hydrogens is 264 g/mol. The van der Waals surface area contributed by atoms with Crippen molar-refractivity contribution in [1.82, 2.24) is 0 Å². The second-order valence-corrected chi connectivity index (χ2v) is 4.71. The maximum absolute atomic E-state index is 12.2. The van der Waals surface area contributed by atoms with Gasteiger partial charge in [-0.05, 0) is 25.1 Å². The predicted octanol–water partition coefficient (Wildman–Crippen LogP) is 4.71. The highest BCUT2D eigenvalue weighted by Crippen LogP contribution is 2.25. The number of para-hydroxylation sites is 1. The molecular formula is C17H14N2O2. The number of aryl methyl sites for hydroxylation is 1. The molecule has 0 atom stereocenters. The summed E-state index contributed by atoms with van der Waals surface area (Å²) in [4.78, 5) is 12.2. The molecule has 0 amide bonds. The largest absolute Gasteiger partial charge is 0.453 e. The van der Waals surface area contributed by atoms with Crippen LogP contribution in [0.25, 0.3) is 11.0 Å². The molecule has 0 aliphatic rings. The Hall–Kier alpha value is -2.75. The number of azo groups is 1. The van der Waals surface area contributed by atoms with Crippen molar-refractivity contribution >= 4 is 22.4 Å². The van der Waals surface area contributed by atoms with Gasteiger partial charge in [-0.2, -0.15) is 10.2 Å². The fourth-order valence-corrected chi connectivity index (χ4v) is 2.19. The van der Waals surface area contributed by atoms with Gasteiger partial charge in [0.1, 0.15) is 12.1 Å². The van der Waals surface area contributed by atoms with Gasteiger partial charge in [-0.3, -0.25) is 4.79 Å². The zero-order valence-corrected chi connectivity index (χ0v) is 11.6. The Kier molecular flexibility index (Phi) is 3.60. The lowest BCUT2D eigenvalue weighted by atomic mass is 10.1. The first-order valence-corrected chi connectivity index (χ1v) is 6.69. The lowest BCUT2D eigenvalue weighted by Crippen LogP contribution is -2.02. The van der Waals surface area contributed by atoms with E-state index in [1.807, 2.05) is 61.5 Å². The number of Topliss-reactive ketones (excluding diaryl/α,β-unsaturated/α-hetero) is 1. The van der Waals surface area contributed by atoms with Crippen LogP contribution in [-0.4, -0.2) is 12.3 Å². The zero-order chi connectivity index (χ0) is 14.7. The van der Waals surface area contributed by atoms with Gasteiger partial charge in [0.05, 0.1) is 5.69 Å². The number of benzene rings is 2. The van der Waals surface area contributed by atoms with Gasteiger partial charge in [0, 0.05) is 10.9 Å². The molecule has 0 bridgehead atoms. The molecule has 1 aromatic heterocycles. The SMILES string of the molecule is Cc1c(C(=O)CN=Nc2ccccc2)oc2ccccc12. The molecule has 21 heavy (non-hydrogen) atoms. The summed E-state index contributed by atoms with van der Waals surface area (Å²) >= 11 is 0. The number of hydrogen-bond donors (Lipinski definition) is 0. The van der Waals surface area contributed by atoms with Gasteiger partial charge in [0.2, 0.25) is 5.78 Å². The Morgan fingerprint density at radius 2 is 1.76 bits per heavy atom. The number of rotatable bonds is 4. The summed E-state index contributed by atoms with van der Waals surface area (Å²) in [5, 5.41) is 8.92. The van der Waals surface area contributed by atoms with Crippen molar-refractivity contribution in [3.8, 4) is 0 Å². The van der Waals surface area contributed by atoms with E-state index < -0.39 is 0 Å². The summed E-state index contributed by atoms with van der Waals surface area (Å²) in [6.07, 6.45) is 0. The fraction of sp³-hybridized carbons (Fsp3) is 0.118. The molecule has 2 aromatic carbocycles. The number of carbonyl (C=O) groups is 1. The molecule has 0 radical (unpaired) electrons. The summed E-state index contributed by atoms with van der Waals surface area (Å²) in [6, 6.07) is 16.9. The average molecular weight is 278 g/mol. The molecule has 0 fully saturated rings. The molecule has 4 heteroatoms. The monoisotopic (exact) mass is 278 g/mol. The van der Waals surface area contributed by atoms with E-state index in [1.165, 1.54) is 0 Å². The topological polar surface area (TPSA) is 54.9 Å². The summed E-state index contributed by atoms with van der Waals surface area (Å²) in [5.74, 6) is 0.201. The molecule has 0 saturated carbocycles. The van der Waals surface area contributed by atoms with Crippen LogP contribution in [0.5, 0.6) is 0 Å². The van der Waals surface area contributed by atoms with Crippen molar-refractivity contribution in [3.63, 3.8) is 0 Å². The van der Waals surface area contributed by atoms with E-state index in [-0.39, 0.29) is 12.3 Å². The van der Waals surface area contributed by atoms with E-state index >= 15 is 0 Å². The third-order valence-electron chi connectivity index (χ3n) is 3.25. The maximum Gasteiger partial charge on any atom is 0.221 e. The zero-order valence-electron chi connectivity index (χ0n) is 11.6. The van der Waals surface area contributed by atoms with Crippen molar-refractivity contribution in [2.45, 2.75) is 6.92 Å². The van der Waals surface area contributed by atoms with Crippen LogP contribution >= 0.6 is 0 Å². The molecule has 4 nitrogen and oxygen atoms in total. The van der Waals surface area contributed by atoms with Gasteiger partial charge >= 0.3 is 0 Å². The first-order valence-electron chi connectivity index (χ1n) is 6.69. The molecule has 1 heterocycles. The quantitative estimate of drug-likeness (QED) is 0.512. The highest BCUT2D eigenvalue weighted by atomic mass is 16.3. The van der Waals surface area contributed by atoms with Crippen LogP contribution < -0.4 is 0 Å². The van der Waals surface area contributed by atoms with E-state index in [9.17, 15) is 4.79 Å². The second-order valence-electron chi connectivity index (χ2n) is 4.71. The van der Waals surface area contributed by atoms with Crippen molar-refractivity contribution in [2.24, 2.45) is 10.2 Å². The standard InChI is InChI=1S/C17H14N2O2/c1-12-14-9-5-6-10-16(14)21-17(12)15(20)11-18-19-13-7-3-2-4-8-13/h2-10H,11H2,1H3. The van der Waals surface area contributed by atoms with Crippen LogP contribution in [0.15, 0.2) is 69.2 Å². The van der Waals surface area contributed by atoms with E-state index in [0.29, 0.717) is 5.76 Å². The second kappa shape index (κ2) is 5.71. The molecule has 0 aliphatic heterocycles. The van der Waals surface area contributed by atoms with Gasteiger partial charge in [0.15, 0.2) is 5.76 Å². The first-order chi connectivity index (χ1) is 10.3. The number of hydrogen-bond acceptors (Lipinski definition) is 4. The minimum Gasteiger partial charge on any atom is -0.453 e. The lowest BCUT2D eigenvalue weighted by molar-refractivity contribution is 0.0975. The minimum absolute atomic E-state index is 0.0183. The molecule has 3 aromatic rings. The van der Waals surface area contributed by atoms with Crippen molar-refractivity contribution in [1.29, 1.82) is 0 Å². The summed E-state index contributed by atoms with van der Waals surface area (Å²) in [7, 11) is 0. The Bertz CT molecular complexity index is 804. The molecule has 0 aliphatic carbocycles. The fourth-order valence-electron chi connectivity index (χ4n) is 2.19. The van der Waals surface area contributed by atoms with E-state index in [1.54, 1.807) is 0 Å². The van der Waals surface area contributed by atoms with Crippen LogP contribution in [0.3, 0.4) is 0 Å². The number of fused-ring (bicyclic) bond motifs is 1. The smallest absolute Gasteiger partial charge is 0.221 e. The molecule has 0 N–H and O–H groups in total. The van der Waals surface area contributed by atoms with E-state index in [2.05, 4.69) is 10.2 Å². The van der Waals surface area contributed by atoms with Crippen LogP contribution in [0.2, 0.25) is 0 Å². The number of furan rings is 1. The average Bonchev–Trinajstić information content (AvgIpc) is 2.86. The Labute approximate surface area is 122 Å². The third kappa shape index (κ3) is 2.74. The summed E-state index contributed by atoms with van der Waals surface area (Å²) in [5.41, 5.74) is 2.30. The van der Waals surface area contributed by atoms with Crippen LogP contribution in [0, 0.1) is 6.92 Å². The summed E-state index contributed by atoms with van der Waals surface area (Å²) < 4.78 is 5.61. The van der Waals surface area contributed by atoms with Gasteiger partial charge < -0.3 is 4.42 Å². The predicted molar refractivity (Wildman–Crippen MR) is 81.1 cm³/mol. The highest BCUT2D eigenvalue weighted by molar-refractivity contribution is 6.01. The van der Waals surface area contributed by atoms with Crippen LogP contribution in [0.4, 0.5) is 5.69 Å². The van der Waals surface area contributed by atoms with Crippen molar-refractivity contribution in [2.75, 3.05) is 6.54 Å². The Morgan fingerprint density at radius 1 is 1.05 bits per heavy atom. The number of carbonyl (C=O) groups excluding carboxylic acids is 1. The molecule has 104 valence electrons. The Morgan fingerprint density at radius 3 is 2.52 bits per heavy atom. The number of nitrogens with zero attached hydrogens (tertiary/aromatic N) is 2. The Balaban J connectivity index is 1.78. The molecule has 3 rings (SSSR count). The van der Waals surface area contributed by atoms with E-state index in [4.69, 9.17) is 4.42 Å². The van der Waals surface area contributed by atoms with Gasteiger partial charge in [-0.25, -0.2) is 0 Å². The maximum atomic E-state index is 12.2. The highest BCUT2D eigenvalue weighted by Gasteiger charge is 2.16. The van der Waals surface area contributed by atoms with Gasteiger partial charge in [-0.15, -0.1) is 0 Å². The molecule has 0 spiro atoms. The molecule has 0 saturated heterocycles. The van der Waals surface area contributed by atoms with Gasteiger partial charge in [-0.1, -0.05) is 36.4 Å². The lowest BCUT2D eigenvalue weighted by Gasteiger charge is -1.94. The summed E-state index contributed by atoms with van der Waals surface area (Å²) in [6.45, 7) is 1.86. The van der Waals surface area contributed by atoms with Crippen molar-refractivity contribution in [3.05, 3.63) is 65.9 Å². The van der Waals surface area contributed by atoms with Gasteiger partial charge in [0.25, 0.3) is 0 Å². The van der Waals surface area contributed by atoms with Crippen LogP contribution in [-0.2, 0) is 0 Å². The minimum atomic E-state index is -0.164. The third-order valence-corrected chi connectivity index (χ3v) is 3.25.